The van der Waals surface area contributed by atoms with Crippen molar-refractivity contribution in [2.45, 2.75) is 6.54 Å². The van der Waals surface area contributed by atoms with Crippen LogP contribution < -0.4 is 5.32 Å². The van der Waals surface area contributed by atoms with Gasteiger partial charge < -0.3 is 10.2 Å². The molecule has 0 atom stereocenters. The zero-order valence-corrected chi connectivity index (χ0v) is 13.4. The molecule has 0 aliphatic carbocycles. The summed E-state index contributed by atoms with van der Waals surface area (Å²) in [6.45, 7) is 0.540. The zero-order valence-electron chi connectivity index (χ0n) is 11.9. The van der Waals surface area contributed by atoms with E-state index in [-0.39, 0.29) is 5.91 Å². The molecule has 5 heteroatoms. The Balaban J connectivity index is 2.18. The molecule has 0 fully saturated rings. The number of benzene rings is 2. The quantitative estimate of drug-likeness (QED) is 0.909. The molecule has 0 unspecified atom stereocenters. The number of para-hydroxylation sites is 1. The molecule has 0 heterocycles. The Morgan fingerprint density at radius 3 is 2.33 bits per heavy atom. The van der Waals surface area contributed by atoms with Crippen LogP contribution in [-0.2, 0) is 6.54 Å². The number of amides is 1. The zero-order chi connectivity index (χ0) is 15.4. The first-order valence-electron chi connectivity index (χ1n) is 6.47. The molecule has 3 nitrogen and oxygen atoms in total. The molecule has 0 radical (unpaired) electrons. The van der Waals surface area contributed by atoms with Crippen molar-refractivity contribution in [2.75, 3.05) is 19.4 Å². The fourth-order valence-electron chi connectivity index (χ4n) is 1.97. The minimum atomic E-state index is -0.0396. The average molecular weight is 323 g/mol. The number of hydrogen-bond acceptors (Lipinski definition) is 2. The van der Waals surface area contributed by atoms with Gasteiger partial charge in [0.25, 0.3) is 5.91 Å². The summed E-state index contributed by atoms with van der Waals surface area (Å²) >= 11 is 12.0. The number of nitrogens with one attached hydrogen (secondary N) is 1. The summed E-state index contributed by atoms with van der Waals surface area (Å²) < 4.78 is 0. The van der Waals surface area contributed by atoms with Crippen molar-refractivity contribution in [1.29, 1.82) is 0 Å². The minimum Gasteiger partial charge on any atom is -0.380 e. The van der Waals surface area contributed by atoms with Gasteiger partial charge in [-0.25, -0.2) is 0 Å². The maximum atomic E-state index is 12.1. The van der Waals surface area contributed by atoms with Gasteiger partial charge in [-0.05, 0) is 35.9 Å². The Kier molecular flexibility index (Phi) is 5.10. The summed E-state index contributed by atoms with van der Waals surface area (Å²) in [6.07, 6.45) is 0. The molecule has 2 rings (SSSR count). The maximum Gasteiger partial charge on any atom is 0.255 e. The molecular formula is C16H16Cl2N2O. The standard InChI is InChI=1S/C16H16Cl2N2O/c1-20(2)16(21)14-5-3-4-6-15(14)19-10-11-7-12(17)9-13(18)8-11/h3-9,19H,10H2,1-2H3. The van der Waals surface area contributed by atoms with Gasteiger partial charge in [0.05, 0.1) is 5.56 Å². The number of rotatable bonds is 4. The maximum absolute atomic E-state index is 12.1. The van der Waals surface area contributed by atoms with Crippen LogP contribution in [0.25, 0.3) is 0 Å². The van der Waals surface area contributed by atoms with Crippen molar-refractivity contribution in [3.63, 3.8) is 0 Å². The Hall–Kier alpha value is -1.71. The van der Waals surface area contributed by atoms with Crippen molar-refractivity contribution < 1.29 is 4.79 Å². The van der Waals surface area contributed by atoms with E-state index in [4.69, 9.17) is 23.2 Å². The summed E-state index contributed by atoms with van der Waals surface area (Å²) in [6, 6.07) is 12.8. The van der Waals surface area contributed by atoms with E-state index in [1.807, 2.05) is 30.3 Å². The van der Waals surface area contributed by atoms with Crippen LogP contribution in [0.5, 0.6) is 0 Å². The number of hydrogen-bond donors (Lipinski definition) is 1. The fraction of sp³-hybridized carbons (Fsp3) is 0.188. The molecule has 1 amide bonds. The highest BCUT2D eigenvalue weighted by atomic mass is 35.5. The van der Waals surface area contributed by atoms with Crippen LogP contribution in [0.3, 0.4) is 0 Å². The highest BCUT2D eigenvalue weighted by Crippen LogP contribution is 2.21. The highest BCUT2D eigenvalue weighted by molar-refractivity contribution is 6.34. The monoisotopic (exact) mass is 322 g/mol. The molecule has 2 aromatic carbocycles. The molecule has 2 aromatic rings. The van der Waals surface area contributed by atoms with Gasteiger partial charge in [-0.3, -0.25) is 4.79 Å². The topological polar surface area (TPSA) is 32.3 Å². The van der Waals surface area contributed by atoms with E-state index in [2.05, 4.69) is 5.32 Å². The van der Waals surface area contributed by atoms with Crippen LogP contribution >= 0.6 is 23.2 Å². The van der Waals surface area contributed by atoms with E-state index in [1.54, 1.807) is 31.1 Å². The summed E-state index contributed by atoms with van der Waals surface area (Å²) in [5.41, 5.74) is 2.38. The van der Waals surface area contributed by atoms with E-state index in [0.29, 0.717) is 22.2 Å². The Morgan fingerprint density at radius 2 is 1.71 bits per heavy atom. The lowest BCUT2D eigenvalue weighted by molar-refractivity contribution is 0.0828. The van der Waals surface area contributed by atoms with Gasteiger partial charge in [-0.1, -0.05) is 35.3 Å². The molecule has 0 aromatic heterocycles. The molecule has 0 saturated carbocycles. The van der Waals surface area contributed by atoms with E-state index < -0.39 is 0 Å². The largest absolute Gasteiger partial charge is 0.380 e. The second-order valence-electron chi connectivity index (χ2n) is 4.88. The van der Waals surface area contributed by atoms with Crippen LogP contribution in [0.2, 0.25) is 10.0 Å². The van der Waals surface area contributed by atoms with Gasteiger partial charge in [0.15, 0.2) is 0 Å². The predicted molar refractivity (Wildman–Crippen MR) is 88.2 cm³/mol. The fourth-order valence-corrected chi connectivity index (χ4v) is 2.55. The van der Waals surface area contributed by atoms with Gasteiger partial charge >= 0.3 is 0 Å². The van der Waals surface area contributed by atoms with E-state index in [9.17, 15) is 4.79 Å². The van der Waals surface area contributed by atoms with E-state index >= 15 is 0 Å². The molecule has 1 N–H and O–H groups in total. The molecule has 0 saturated heterocycles. The lowest BCUT2D eigenvalue weighted by Gasteiger charge is -2.15. The van der Waals surface area contributed by atoms with Crippen molar-refractivity contribution in [3.05, 3.63) is 63.6 Å². The Bertz CT molecular complexity index is 636. The van der Waals surface area contributed by atoms with Crippen molar-refractivity contribution in [3.8, 4) is 0 Å². The third kappa shape index (κ3) is 4.13. The third-order valence-electron chi connectivity index (χ3n) is 2.97. The molecule has 21 heavy (non-hydrogen) atoms. The summed E-state index contributed by atoms with van der Waals surface area (Å²) in [4.78, 5) is 13.7. The van der Waals surface area contributed by atoms with Crippen molar-refractivity contribution >= 4 is 34.8 Å². The van der Waals surface area contributed by atoms with Gasteiger partial charge in [0.2, 0.25) is 0 Å². The van der Waals surface area contributed by atoms with Crippen molar-refractivity contribution in [2.24, 2.45) is 0 Å². The van der Waals surface area contributed by atoms with Gasteiger partial charge in [0, 0.05) is 36.4 Å². The first-order valence-corrected chi connectivity index (χ1v) is 7.22. The lowest BCUT2D eigenvalue weighted by atomic mass is 10.1. The smallest absolute Gasteiger partial charge is 0.255 e. The number of anilines is 1. The van der Waals surface area contributed by atoms with Crippen LogP contribution in [0.15, 0.2) is 42.5 Å². The minimum absolute atomic E-state index is 0.0396. The second-order valence-corrected chi connectivity index (χ2v) is 5.75. The molecule has 0 aliphatic rings. The van der Waals surface area contributed by atoms with Crippen LogP contribution in [0.4, 0.5) is 5.69 Å². The first kappa shape index (κ1) is 15.7. The average Bonchev–Trinajstić information content (AvgIpc) is 2.43. The van der Waals surface area contributed by atoms with Crippen molar-refractivity contribution in [1.82, 2.24) is 4.90 Å². The lowest BCUT2D eigenvalue weighted by Crippen LogP contribution is -2.22. The SMILES string of the molecule is CN(C)C(=O)c1ccccc1NCc1cc(Cl)cc(Cl)c1. The predicted octanol–water partition coefficient (Wildman–Crippen LogP) is 4.31. The number of nitrogens with zero attached hydrogens (tertiary/aromatic N) is 1. The van der Waals surface area contributed by atoms with Crippen LogP contribution in [0.1, 0.15) is 15.9 Å². The third-order valence-corrected chi connectivity index (χ3v) is 3.41. The van der Waals surface area contributed by atoms with E-state index in [1.165, 1.54) is 0 Å². The first-order chi connectivity index (χ1) is 9.97. The molecular weight excluding hydrogens is 307 g/mol. The Morgan fingerprint density at radius 1 is 1.10 bits per heavy atom. The summed E-state index contributed by atoms with van der Waals surface area (Å²) in [7, 11) is 3.46. The highest BCUT2D eigenvalue weighted by Gasteiger charge is 2.12. The summed E-state index contributed by atoms with van der Waals surface area (Å²) in [5, 5.41) is 4.44. The summed E-state index contributed by atoms with van der Waals surface area (Å²) in [5.74, 6) is -0.0396. The van der Waals surface area contributed by atoms with Gasteiger partial charge in [-0.15, -0.1) is 0 Å². The van der Waals surface area contributed by atoms with E-state index in [0.717, 1.165) is 11.3 Å². The van der Waals surface area contributed by atoms with Gasteiger partial charge in [0.1, 0.15) is 0 Å². The normalized spacial score (nSPS) is 10.3. The van der Waals surface area contributed by atoms with Gasteiger partial charge in [-0.2, -0.15) is 0 Å². The van der Waals surface area contributed by atoms with Crippen LogP contribution in [0, 0.1) is 0 Å². The Labute approximate surface area is 134 Å². The molecule has 0 aliphatic heterocycles. The molecule has 0 spiro atoms. The number of carbonyl (C=O) groups is 1. The molecule has 0 bridgehead atoms. The number of carbonyl (C=O) groups excluding carboxylic acids is 1. The second kappa shape index (κ2) is 6.83. The molecule has 110 valence electrons. The van der Waals surface area contributed by atoms with Crippen LogP contribution in [-0.4, -0.2) is 24.9 Å². The number of halogens is 2.